The Hall–Kier alpha value is -3.60. The minimum Gasteiger partial charge on any atom is -0.287 e. The fourth-order valence-electron chi connectivity index (χ4n) is 2.77. The van der Waals surface area contributed by atoms with E-state index >= 15 is 0 Å². The molecule has 0 heterocycles. The smallest absolute Gasteiger partial charge is 0.269 e. The van der Waals surface area contributed by atoms with Gasteiger partial charge in [0.05, 0.1) is 15.9 Å². The zero-order chi connectivity index (χ0) is 22.3. The number of carbonyl (C=O) groups is 1. The maximum atomic E-state index is 12.5. The van der Waals surface area contributed by atoms with Gasteiger partial charge in [0.15, 0.2) is 0 Å². The van der Waals surface area contributed by atoms with E-state index in [-0.39, 0.29) is 22.7 Å². The van der Waals surface area contributed by atoms with Gasteiger partial charge in [0.1, 0.15) is 0 Å². The van der Waals surface area contributed by atoms with Gasteiger partial charge in [-0.3, -0.25) is 20.3 Å². The first-order valence-electron chi connectivity index (χ1n) is 9.27. The van der Waals surface area contributed by atoms with Crippen molar-refractivity contribution in [2.45, 2.75) is 10.9 Å². The fourth-order valence-corrected chi connectivity index (χ4v) is 3.84. The number of carbonyl (C=O) groups excluding carboxylic acids is 1. The number of nitrogens with one attached hydrogen (secondary N) is 3. The van der Waals surface area contributed by atoms with Crippen molar-refractivity contribution in [1.82, 2.24) is 15.6 Å². The normalized spacial score (nSPS) is 12.1. The summed E-state index contributed by atoms with van der Waals surface area (Å²) in [6.45, 7) is -0.0260. The summed E-state index contributed by atoms with van der Waals surface area (Å²) in [5.74, 6) is -0.512. The summed E-state index contributed by atoms with van der Waals surface area (Å²) in [4.78, 5) is 22.7. The monoisotopic (exact) mass is 440 g/mol. The molecule has 31 heavy (non-hydrogen) atoms. The first-order chi connectivity index (χ1) is 14.9. The molecule has 0 fully saturated rings. The summed E-state index contributed by atoms with van der Waals surface area (Å²) in [6, 6.07) is 21.6. The van der Waals surface area contributed by atoms with Crippen LogP contribution in [-0.2, 0) is 10.0 Å². The van der Waals surface area contributed by atoms with Crippen LogP contribution < -0.4 is 15.6 Å². The van der Waals surface area contributed by atoms with Gasteiger partial charge in [-0.1, -0.05) is 48.5 Å². The second kappa shape index (κ2) is 9.94. The molecule has 3 aromatic rings. The number of amides is 1. The molecule has 160 valence electrons. The summed E-state index contributed by atoms with van der Waals surface area (Å²) in [6.07, 6.45) is 0. The van der Waals surface area contributed by atoms with Crippen LogP contribution in [0.2, 0.25) is 0 Å². The van der Waals surface area contributed by atoms with Crippen molar-refractivity contribution in [3.63, 3.8) is 0 Å². The van der Waals surface area contributed by atoms with Crippen LogP contribution in [0.15, 0.2) is 89.8 Å². The maximum absolute atomic E-state index is 12.5. The molecule has 0 radical (unpaired) electrons. The molecule has 3 N–H and O–H groups in total. The third-order valence-electron chi connectivity index (χ3n) is 4.43. The zero-order valence-electron chi connectivity index (χ0n) is 16.3. The van der Waals surface area contributed by atoms with Crippen molar-refractivity contribution in [3.05, 3.63) is 106 Å². The summed E-state index contributed by atoms with van der Waals surface area (Å²) in [7, 11) is -3.73. The number of sulfonamides is 1. The van der Waals surface area contributed by atoms with Gasteiger partial charge in [-0.15, -0.1) is 0 Å². The lowest BCUT2D eigenvalue weighted by Crippen LogP contribution is -2.44. The van der Waals surface area contributed by atoms with Crippen molar-refractivity contribution in [1.29, 1.82) is 0 Å². The van der Waals surface area contributed by atoms with E-state index in [2.05, 4.69) is 15.6 Å². The highest BCUT2D eigenvalue weighted by molar-refractivity contribution is 7.89. The molecule has 10 heteroatoms. The van der Waals surface area contributed by atoms with Crippen LogP contribution in [0.5, 0.6) is 0 Å². The Balaban J connectivity index is 1.69. The van der Waals surface area contributed by atoms with Crippen molar-refractivity contribution in [2.75, 3.05) is 6.54 Å². The molecule has 0 saturated heterocycles. The molecule has 0 bridgehead atoms. The number of nitrogens with zero attached hydrogens (tertiary/aromatic N) is 1. The largest absolute Gasteiger partial charge is 0.287 e. The lowest BCUT2D eigenvalue weighted by Gasteiger charge is -2.20. The van der Waals surface area contributed by atoms with Crippen LogP contribution in [-0.4, -0.2) is 25.8 Å². The number of benzene rings is 3. The topological polar surface area (TPSA) is 130 Å². The first kappa shape index (κ1) is 22.1. The van der Waals surface area contributed by atoms with E-state index in [1.54, 1.807) is 42.5 Å². The molecule has 1 amide bonds. The van der Waals surface area contributed by atoms with E-state index in [1.807, 2.05) is 6.07 Å². The Morgan fingerprint density at radius 1 is 0.903 bits per heavy atom. The summed E-state index contributed by atoms with van der Waals surface area (Å²) in [5.41, 5.74) is 6.21. The van der Waals surface area contributed by atoms with Crippen LogP contribution >= 0.6 is 0 Å². The predicted octanol–water partition coefficient (Wildman–Crippen LogP) is 2.55. The molecule has 0 aliphatic rings. The number of hydrazine groups is 1. The predicted molar refractivity (Wildman–Crippen MR) is 115 cm³/mol. The molecule has 0 aliphatic heterocycles. The van der Waals surface area contributed by atoms with Gasteiger partial charge in [-0.05, 0) is 29.8 Å². The van der Waals surface area contributed by atoms with Gasteiger partial charge in [0, 0.05) is 24.2 Å². The van der Waals surface area contributed by atoms with Gasteiger partial charge in [0.2, 0.25) is 10.0 Å². The molecule has 0 aromatic heterocycles. The molecule has 0 unspecified atom stereocenters. The molecule has 9 nitrogen and oxygen atoms in total. The Kier molecular flexibility index (Phi) is 7.08. The molecular formula is C21H20N4O5S. The molecular weight excluding hydrogens is 420 g/mol. The van der Waals surface area contributed by atoms with Gasteiger partial charge >= 0.3 is 0 Å². The highest BCUT2D eigenvalue weighted by atomic mass is 32.2. The van der Waals surface area contributed by atoms with Crippen molar-refractivity contribution < 1.29 is 18.1 Å². The van der Waals surface area contributed by atoms with Crippen LogP contribution in [0.1, 0.15) is 22.0 Å². The van der Waals surface area contributed by atoms with E-state index in [0.717, 1.165) is 5.56 Å². The lowest BCUT2D eigenvalue weighted by molar-refractivity contribution is -0.384. The van der Waals surface area contributed by atoms with Gasteiger partial charge in [-0.2, -0.15) is 0 Å². The first-order valence-corrected chi connectivity index (χ1v) is 10.7. The minimum atomic E-state index is -3.73. The number of hydrogen-bond donors (Lipinski definition) is 3. The van der Waals surface area contributed by atoms with E-state index in [9.17, 15) is 23.3 Å². The van der Waals surface area contributed by atoms with E-state index < -0.39 is 26.9 Å². The fraction of sp³-hybridized carbons (Fsp3) is 0.0952. The Morgan fingerprint density at radius 2 is 1.48 bits per heavy atom. The highest BCUT2D eigenvalue weighted by Gasteiger charge is 2.19. The van der Waals surface area contributed by atoms with Crippen LogP contribution in [0.25, 0.3) is 0 Å². The summed E-state index contributed by atoms with van der Waals surface area (Å²) < 4.78 is 27.6. The van der Waals surface area contributed by atoms with E-state index in [0.29, 0.717) is 0 Å². The van der Waals surface area contributed by atoms with Gasteiger partial charge < -0.3 is 0 Å². The third kappa shape index (κ3) is 5.95. The number of nitro benzene ring substituents is 1. The molecule has 3 rings (SSSR count). The zero-order valence-corrected chi connectivity index (χ0v) is 17.1. The number of non-ortho nitro benzene ring substituents is 1. The second-order valence-corrected chi connectivity index (χ2v) is 8.30. The Bertz CT molecular complexity index is 1140. The molecule has 0 spiro atoms. The standard InChI is InChI=1S/C21H20N4O5S/c26-21(17-11-13-18(14-12-17)25(27)28)24-23-20(16-7-3-1-4-8-16)15-22-31(29,30)19-9-5-2-6-10-19/h1-14,20,22-23H,15H2,(H,24,26)/t20-/m0/s1. The van der Waals surface area contributed by atoms with Crippen LogP contribution in [0, 0.1) is 10.1 Å². The summed E-state index contributed by atoms with van der Waals surface area (Å²) in [5, 5.41) is 10.7. The van der Waals surface area contributed by atoms with Crippen molar-refractivity contribution in [2.24, 2.45) is 0 Å². The Labute approximate surface area is 179 Å². The maximum Gasteiger partial charge on any atom is 0.269 e. The number of nitro groups is 1. The molecule has 0 saturated carbocycles. The van der Waals surface area contributed by atoms with Gasteiger partial charge in [-0.25, -0.2) is 18.6 Å². The van der Waals surface area contributed by atoms with Crippen LogP contribution in [0.4, 0.5) is 5.69 Å². The number of hydrogen-bond acceptors (Lipinski definition) is 6. The average Bonchev–Trinajstić information content (AvgIpc) is 2.80. The van der Waals surface area contributed by atoms with Gasteiger partial charge in [0.25, 0.3) is 11.6 Å². The minimum absolute atomic E-state index is 0.0260. The second-order valence-electron chi connectivity index (χ2n) is 6.53. The molecule has 0 aliphatic carbocycles. The quantitative estimate of drug-likeness (QED) is 0.346. The highest BCUT2D eigenvalue weighted by Crippen LogP contribution is 2.14. The van der Waals surface area contributed by atoms with Crippen molar-refractivity contribution >= 4 is 21.6 Å². The average molecular weight is 440 g/mol. The van der Waals surface area contributed by atoms with E-state index in [4.69, 9.17) is 0 Å². The Morgan fingerprint density at radius 3 is 2.06 bits per heavy atom. The molecule has 3 aromatic carbocycles. The third-order valence-corrected chi connectivity index (χ3v) is 5.87. The SMILES string of the molecule is O=C(NN[C@@H](CNS(=O)(=O)c1ccccc1)c1ccccc1)c1ccc([N+](=O)[O-])cc1. The van der Waals surface area contributed by atoms with Crippen molar-refractivity contribution in [3.8, 4) is 0 Å². The number of rotatable bonds is 9. The van der Waals surface area contributed by atoms with Crippen LogP contribution in [0.3, 0.4) is 0 Å². The van der Waals surface area contributed by atoms with E-state index in [1.165, 1.54) is 36.4 Å². The lowest BCUT2D eigenvalue weighted by atomic mass is 10.1. The molecule has 1 atom stereocenters. The summed E-state index contributed by atoms with van der Waals surface area (Å²) >= 11 is 0.